The van der Waals surface area contributed by atoms with Gasteiger partial charge >= 0.3 is 0 Å². The number of hydrogen-bond donors (Lipinski definition) is 0. The van der Waals surface area contributed by atoms with Crippen molar-refractivity contribution in [3.8, 4) is 11.1 Å². The molecule has 0 atom stereocenters. The number of rotatable bonds is 2. The third-order valence-corrected chi connectivity index (χ3v) is 4.30. The van der Waals surface area contributed by atoms with Gasteiger partial charge in [0.1, 0.15) is 5.82 Å². The van der Waals surface area contributed by atoms with E-state index in [1.54, 1.807) is 35.0 Å². The number of carbonyl (C=O) groups excluding carboxylic acids is 2. The second kappa shape index (κ2) is 6.83. The molecule has 1 saturated heterocycles. The summed E-state index contributed by atoms with van der Waals surface area (Å²) in [6.07, 6.45) is 0.347. The van der Waals surface area contributed by atoms with Crippen LogP contribution in [0.2, 0.25) is 0 Å². The Kier molecular flexibility index (Phi) is 4.60. The van der Waals surface area contributed by atoms with E-state index >= 15 is 0 Å². The second-order valence-corrected chi connectivity index (χ2v) is 5.95. The maximum atomic E-state index is 13.1. The van der Waals surface area contributed by atoms with E-state index in [4.69, 9.17) is 0 Å². The van der Waals surface area contributed by atoms with Crippen molar-refractivity contribution in [2.75, 3.05) is 26.7 Å². The van der Waals surface area contributed by atoms with Crippen LogP contribution in [0.15, 0.2) is 48.5 Å². The molecule has 2 aromatic rings. The summed E-state index contributed by atoms with van der Waals surface area (Å²) in [4.78, 5) is 27.9. The van der Waals surface area contributed by atoms with Gasteiger partial charge in [-0.3, -0.25) is 9.59 Å². The molecule has 124 valence electrons. The van der Waals surface area contributed by atoms with E-state index in [1.165, 1.54) is 12.1 Å². The minimum atomic E-state index is -0.288. The lowest BCUT2D eigenvalue weighted by Crippen LogP contribution is -2.34. The van der Waals surface area contributed by atoms with Crippen LogP contribution >= 0.6 is 0 Å². The number of likely N-dealkylation sites (N-methyl/N-ethyl adjacent to an activating group) is 1. The first-order valence-corrected chi connectivity index (χ1v) is 7.94. The zero-order chi connectivity index (χ0) is 17.1. The summed E-state index contributed by atoms with van der Waals surface area (Å²) in [5.74, 6) is -0.309. The molecule has 1 aliphatic rings. The standard InChI is InChI=1S/C19H19FN2O2/c1-21-11-12-22(10-9-18(21)23)19(24)16-4-2-3-15(13-16)14-5-7-17(20)8-6-14/h2-8,13H,9-12H2,1H3. The molecular weight excluding hydrogens is 307 g/mol. The van der Waals surface area contributed by atoms with Gasteiger partial charge in [0, 0.05) is 38.7 Å². The highest BCUT2D eigenvalue weighted by atomic mass is 19.1. The first-order chi connectivity index (χ1) is 11.5. The molecule has 24 heavy (non-hydrogen) atoms. The Morgan fingerprint density at radius 2 is 1.75 bits per heavy atom. The Labute approximate surface area is 140 Å². The van der Waals surface area contributed by atoms with E-state index in [-0.39, 0.29) is 17.6 Å². The molecule has 0 saturated carbocycles. The van der Waals surface area contributed by atoms with Gasteiger partial charge in [-0.05, 0) is 35.4 Å². The van der Waals surface area contributed by atoms with Crippen molar-refractivity contribution < 1.29 is 14.0 Å². The predicted octanol–water partition coefficient (Wildman–Crippen LogP) is 2.80. The molecule has 5 heteroatoms. The molecule has 1 aliphatic heterocycles. The molecule has 0 spiro atoms. The summed E-state index contributed by atoms with van der Waals surface area (Å²) in [5, 5.41) is 0. The predicted molar refractivity (Wildman–Crippen MR) is 90.0 cm³/mol. The van der Waals surface area contributed by atoms with E-state index in [2.05, 4.69) is 0 Å². The highest BCUT2D eigenvalue weighted by Gasteiger charge is 2.22. The molecule has 1 fully saturated rings. The first-order valence-electron chi connectivity index (χ1n) is 7.94. The van der Waals surface area contributed by atoms with E-state index in [1.807, 2.05) is 18.2 Å². The van der Waals surface area contributed by atoms with Crippen LogP contribution in [0, 0.1) is 5.82 Å². The van der Waals surface area contributed by atoms with E-state index in [0.29, 0.717) is 31.6 Å². The molecular formula is C19H19FN2O2. The van der Waals surface area contributed by atoms with Crippen LogP contribution in [0.5, 0.6) is 0 Å². The molecule has 0 bridgehead atoms. The average Bonchev–Trinajstić information content (AvgIpc) is 2.77. The molecule has 0 N–H and O–H groups in total. The van der Waals surface area contributed by atoms with Gasteiger partial charge < -0.3 is 9.80 Å². The number of benzene rings is 2. The number of amides is 2. The fraction of sp³-hybridized carbons (Fsp3) is 0.263. The lowest BCUT2D eigenvalue weighted by atomic mass is 10.0. The first kappa shape index (κ1) is 16.2. The van der Waals surface area contributed by atoms with Gasteiger partial charge in [-0.2, -0.15) is 0 Å². The van der Waals surface area contributed by atoms with Crippen molar-refractivity contribution in [2.24, 2.45) is 0 Å². The smallest absolute Gasteiger partial charge is 0.253 e. The largest absolute Gasteiger partial charge is 0.344 e. The Bertz CT molecular complexity index is 758. The van der Waals surface area contributed by atoms with Gasteiger partial charge in [0.25, 0.3) is 5.91 Å². The van der Waals surface area contributed by atoms with Gasteiger partial charge in [-0.1, -0.05) is 24.3 Å². The third-order valence-electron chi connectivity index (χ3n) is 4.30. The lowest BCUT2D eigenvalue weighted by molar-refractivity contribution is -0.129. The van der Waals surface area contributed by atoms with Gasteiger partial charge in [-0.15, -0.1) is 0 Å². The second-order valence-electron chi connectivity index (χ2n) is 5.95. The topological polar surface area (TPSA) is 40.6 Å². The third kappa shape index (κ3) is 3.45. The van der Waals surface area contributed by atoms with E-state index in [0.717, 1.165) is 11.1 Å². The summed E-state index contributed by atoms with van der Waals surface area (Å²) >= 11 is 0. The number of halogens is 1. The molecule has 3 rings (SSSR count). The molecule has 2 amide bonds. The maximum absolute atomic E-state index is 13.1. The normalized spacial score (nSPS) is 15.3. The van der Waals surface area contributed by atoms with Crippen LogP contribution < -0.4 is 0 Å². The van der Waals surface area contributed by atoms with Crippen LogP contribution in [0.1, 0.15) is 16.8 Å². The van der Waals surface area contributed by atoms with Crippen LogP contribution in [0.3, 0.4) is 0 Å². The summed E-state index contributed by atoms with van der Waals surface area (Å²) in [7, 11) is 1.76. The molecule has 0 unspecified atom stereocenters. The highest BCUT2D eigenvalue weighted by Crippen LogP contribution is 2.22. The Balaban J connectivity index is 1.81. The van der Waals surface area contributed by atoms with Crippen molar-refractivity contribution in [3.05, 3.63) is 59.9 Å². The van der Waals surface area contributed by atoms with Crippen LogP contribution in [-0.4, -0.2) is 48.3 Å². The van der Waals surface area contributed by atoms with Crippen molar-refractivity contribution in [1.29, 1.82) is 0 Å². The zero-order valence-electron chi connectivity index (χ0n) is 13.5. The molecule has 0 radical (unpaired) electrons. The van der Waals surface area contributed by atoms with Gasteiger partial charge in [0.2, 0.25) is 5.91 Å². The summed E-state index contributed by atoms with van der Waals surface area (Å²) in [6.45, 7) is 1.51. The van der Waals surface area contributed by atoms with Crippen LogP contribution in [0.25, 0.3) is 11.1 Å². The quantitative estimate of drug-likeness (QED) is 0.851. The maximum Gasteiger partial charge on any atom is 0.253 e. The van der Waals surface area contributed by atoms with Gasteiger partial charge in [-0.25, -0.2) is 4.39 Å². The fourth-order valence-electron chi connectivity index (χ4n) is 2.79. The average molecular weight is 326 g/mol. The van der Waals surface area contributed by atoms with E-state index < -0.39 is 0 Å². The van der Waals surface area contributed by atoms with Crippen molar-refractivity contribution >= 4 is 11.8 Å². The lowest BCUT2D eigenvalue weighted by Gasteiger charge is -2.20. The van der Waals surface area contributed by atoms with E-state index in [9.17, 15) is 14.0 Å². The summed E-state index contributed by atoms with van der Waals surface area (Å²) in [5.41, 5.74) is 2.30. The molecule has 2 aromatic carbocycles. The zero-order valence-corrected chi connectivity index (χ0v) is 13.5. The molecule has 1 heterocycles. The van der Waals surface area contributed by atoms with Crippen molar-refractivity contribution in [3.63, 3.8) is 0 Å². The Morgan fingerprint density at radius 3 is 2.50 bits per heavy atom. The minimum Gasteiger partial charge on any atom is -0.344 e. The summed E-state index contributed by atoms with van der Waals surface area (Å²) in [6, 6.07) is 13.5. The molecule has 4 nitrogen and oxygen atoms in total. The van der Waals surface area contributed by atoms with Crippen molar-refractivity contribution in [1.82, 2.24) is 9.80 Å². The Hall–Kier alpha value is -2.69. The van der Waals surface area contributed by atoms with Crippen molar-refractivity contribution in [2.45, 2.75) is 6.42 Å². The minimum absolute atomic E-state index is 0.0605. The molecule has 0 aromatic heterocycles. The number of hydrogen-bond acceptors (Lipinski definition) is 2. The van der Waals surface area contributed by atoms with Crippen LogP contribution in [0.4, 0.5) is 4.39 Å². The Morgan fingerprint density at radius 1 is 1.00 bits per heavy atom. The number of carbonyl (C=O) groups is 2. The molecule has 0 aliphatic carbocycles. The highest BCUT2D eigenvalue weighted by molar-refractivity contribution is 5.96. The van der Waals surface area contributed by atoms with Gasteiger partial charge in [0.15, 0.2) is 0 Å². The van der Waals surface area contributed by atoms with Crippen LogP contribution in [-0.2, 0) is 4.79 Å². The fourth-order valence-corrected chi connectivity index (χ4v) is 2.79. The monoisotopic (exact) mass is 326 g/mol. The van der Waals surface area contributed by atoms with Gasteiger partial charge in [0.05, 0.1) is 0 Å². The summed E-state index contributed by atoms with van der Waals surface area (Å²) < 4.78 is 13.1. The SMILES string of the molecule is CN1CCN(C(=O)c2cccc(-c3ccc(F)cc3)c2)CCC1=O. The number of nitrogens with zero attached hydrogens (tertiary/aromatic N) is 2.